The average Bonchev–Trinajstić information content (AvgIpc) is 2.79. The number of aromatic nitrogens is 2. The summed E-state index contributed by atoms with van der Waals surface area (Å²) in [4.78, 5) is 11.6. The first-order chi connectivity index (χ1) is 7.14. The number of carbonyl (C=O) groups excluding carboxylic acids is 1. The number of hydrogen-bond donors (Lipinski definition) is 3. The average molecular weight is 208 g/mol. The van der Waals surface area contributed by atoms with Crippen molar-refractivity contribution in [2.24, 2.45) is 5.73 Å². The van der Waals surface area contributed by atoms with Gasteiger partial charge in [0, 0.05) is 11.8 Å². The van der Waals surface area contributed by atoms with Gasteiger partial charge >= 0.3 is 0 Å². The van der Waals surface area contributed by atoms with E-state index in [-0.39, 0.29) is 5.91 Å². The van der Waals surface area contributed by atoms with Crippen LogP contribution >= 0.6 is 0 Å². The lowest BCUT2D eigenvalue weighted by atomic mass is 10.2. The van der Waals surface area contributed by atoms with Gasteiger partial charge in [-0.1, -0.05) is 13.3 Å². The van der Waals surface area contributed by atoms with E-state index in [4.69, 9.17) is 5.73 Å². The fraction of sp³-hybridized carbons (Fsp3) is 0.600. The molecule has 5 nitrogen and oxygen atoms in total. The van der Waals surface area contributed by atoms with E-state index in [9.17, 15) is 4.79 Å². The molecule has 0 radical (unpaired) electrons. The maximum atomic E-state index is 11.6. The summed E-state index contributed by atoms with van der Waals surface area (Å²) in [5.74, 6) is 0.442. The molecule has 0 bridgehead atoms. The second kappa shape index (κ2) is 3.66. The Morgan fingerprint density at radius 3 is 3.07 bits per heavy atom. The Balaban J connectivity index is 1.95. The highest BCUT2D eigenvalue weighted by Gasteiger charge is 2.46. The number of rotatable bonds is 4. The van der Waals surface area contributed by atoms with E-state index < -0.39 is 5.54 Å². The summed E-state index contributed by atoms with van der Waals surface area (Å²) in [6, 6.07) is 1.85. The molecule has 1 amide bonds. The number of aryl methyl sites for hydroxylation is 1. The molecular weight excluding hydrogens is 192 g/mol. The molecule has 0 unspecified atom stereocenters. The Morgan fingerprint density at radius 1 is 1.73 bits per heavy atom. The number of hydrogen-bond acceptors (Lipinski definition) is 3. The zero-order valence-corrected chi connectivity index (χ0v) is 8.84. The van der Waals surface area contributed by atoms with Crippen molar-refractivity contribution in [3.8, 4) is 0 Å². The van der Waals surface area contributed by atoms with Gasteiger partial charge in [-0.25, -0.2) is 0 Å². The van der Waals surface area contributed by atoms with Crippen LogP contribution in [0.5, 0.6) is 0 Å². The van der Waals surface area contributed by atoms with Crippen LogP contribution in [0, 0.1) is 0 Å². The lowest BCUT2D eigenvalue weighted by Crippen LogP contribution is -2.37. The Hall–Kier alpha value is -1.36. The molecule has 2 rings (SSSR count). The van der Waals surface area contributed by atoms with Crippen LogP contribution in [0.1, 0.15) is 31.9 Å². The third-order valence-corrected chi connectivity index (χ3v) is 2.63. The number of carbonyl (C=O) groups is 1. The molecule has 0 atom stereocenters. The maximum absolute atomic E-state index is 11.6. The van der Waals surface area contributed by atoms with Crippen LogP contribution in [-0.2, 0) is 11.2 Å². The Morgan fingerprint density at radius 2 is 2.47 bits per heavy atom. The Bertz CT molecular complexity index is 367. The molecule has 82 valence electrons. The predicted octanol–water partition coefficient (Wildman–Crippen LogP) is 0.792. The molecule has 1 heterocycles. The van der Waals surface area contributed by atoms with Crippen LogP contribution in [0.2, 0.25) is 0 Å². The monoisotopic (exact) mass is 208 g/mol. The Labute approximate surface area is 88.4 Å². The summed E-state index contributed by atoms with van der Waals surface area (Å²) in [6.07, 6.45) is 3.53. The van der Waals surface area contributed by atoms with Crippen molar-refractivity contribution < 1.29 is 4.79 Å². The first-order valence-electron chi connectivity index (χ1n) is 5.29. The number of amides is 1. The molecule has 1 aromatic rings. The highest BCUT2D eigenvalue weighted by molar-refractivity contribution is 5.99. The zero-order valence-electron chi connectivity index (χ0n) is 8.84. The standard InChI is InChI=1S/C10H16N4O/c1-2-3-7-6-8(14-13-7)12-9(15)10(11)4-5-10/h6H,2-5,11H2,1H3,(H2,12,13,14,15). The zero-order chi connectivity index (χ0) is 10.9. The predicted molar refractivity (Wildman–Crippen MR) is 57.4 cm³/mol. The van der Waals surface area contributed by atoms with Gasteiger partial charge in [0.2, 0.25) is 5.91 Å². The fourth-order valence-electron chi connectivity index (χ4n) is 1.43. The highest BCUT2D eigenvalue weighted by Crippen LogP contribution is 2.33. The summed E-state index contributed by atoms with van der Waals surface area (Å²) in [6.45, 7) is 2.10. The summed E-state index contributed by atoms with van der Waals surface area (Å²) in [7, 11) is 0. The number of nitrogens with one attached hydrogen (secondary N) is 2. The van der Waals surface area contributed by atoms with E-state index in [2.05, 4.69) is 22.4 Å². The molecule has 1 aliphatic carbocycles. The maximum Gasteiger partial charge on any atom is 0.245 e. The van der Waals surface area contributed by atoms with E-state index in [1.807, 2.05) is 6.07 Å². The van der Waals surface area contributed by atoms with Crippen molar-refractivity contribution in [2.75, 3.05) is 5.32 Å². The van der Waals surface area contributed by atoms with Crippen LogP contribution in [0.3, 0.4) is 0 Å². The van der Waals surface area contributed by atoms with Gasteiger partial charge in [-0.2, -0.15) is 5.10 Å². The van der Waals surface area contributed by atoms with Gasteiger partial charge in [-0.05, 0) is 19.3 Å². The van der Waals surface area contributed by atoms with Crippen LogP contribution in [0.25, 0.3) is 0 Å². The number of anilines is 1. The topological polar surface area (TPSA) is 83.8 Å². The molecule has 0 saturated heterocycles. The molecule has 4 N–H and O–H groups in total. The molecule has 15 heavy (non-hydrogen) atoms. The molecule has 5 heteroatoms. The number of aromatic amines is 1. The summed E-state index contributed by atoms with van der Waals surface area (Å²) in [5, 5.41) is 9.60. The highest BCUT2D eigenvalue weighted by atomic mass is 16.2. The minimum Gasteiger partial charge on any atom is -0.317 e. The fourth-order valence-corrected chi connectivity index (χ4v) is 1.43. The summed E-state index contributed by atoms with van der Waals surface area (Å²) >= 11 is 0. The third kappa shape index (κ3) is 2.18. The molecular formula is C10H16N4O. The van der Waals surface area contributed by atoms with Gasteiger partial charge < -0.3 is 11.1 Å². The van der Waals surface area contributed by atoms with Crippen molar-refractivity contribution in [1.29, 1.82) is 0 Å². The normalized spacial score (nSPS) is 17.5. The van der Waals surface area contributed by atoms with Crippen LogP contribution in [0.4, 0.5) is 5.82 Å². The van der Waals surface area contributed by atoms with Gasteiger partial charge in [0.05, 0.1) is 5.54 Å². The number of H-pyrrole nitrogens is 1. The molecule has 0 aliphatic heterocycles. The van der Waals surface area contributed by atoms with Crippen molar-refractivity contribution in [3.05, 3.63) is 11.8 Å². The van der Waals surface area contributed by atoms with Gasteiger partial charge in [0.25, 0.3) is 0 Å². The van der Waals surface area contributed by atoms with Crippen LogP contribution in [-0.4, -0.2) is 21.6 Å². The van der Waals surface area contributed by atoms with Gasteiger partial charge in [-0.3, -0.25) is 9.89 Å². The largest absolute Gasteiger partial charge is 0.317 e. The molecule has 1 aromatic heterocycles. The van der Waals surface area contributed by atoms with E-state index >= 15 is 0 Å². The summed E-state index contributed by atoms with van der Waals surface area (Å²) < 4.78 is 0. The van der Waals surface area contributed by atoms with Crippen LogP contribution < -0.4 is 11.1 Å². The van der Waals surface area contributed by atoms with E-state index in [0.717, 1.165) is 31.4 Å². The van der Waals surface area contributed by atoms with Crippen LogP contribution in [0.15, 0.2) is 6.07 Å². The van der Waals surface area contributed by atoms with E-state index in [1.54, 1.807) is 0 Å². The second-order valence-electron chi connectivity index (χ2n) is 4.14. The molecule has 0 spiro atoms. The molecule has 0 aromatic carbocycles. The van der Waals surface area contributed by atoms with E-state index in [0.29, 0.717) is 5.82 Å². The van der Waals surface area contributed by atoms with Gasteiger partial charge in [0.15, 0.2) is 5.82 Å². The first kappa shape index (κ1) is 10.2. The minimum atomic E-state index is -0.635. The quantitative estimate of drug-likeness (QED) is 0.684. The number of nitrogens with zero attached hydrogens (tertiary/aromatic N) is 1. The van der Waals surface area contributed by atoms with Crippen molar-refractivity contribution in [3.63, 3.8) is 0 Å². The smallest absolute Gasteiger partial charge is 0.245 e. The molecule has 1 saturated carbocycles. The second-order valence-corrected chi connectivity index (χ2v) is 4.14. The first-order valence-corrected chi connectivity index (χ1v) is 5.29. The molecule has 1 aliphatic rings. The lowest BCUT2D eigenvalue weighted by molar-refractivity contribution is -0.118. The molecule has 1 fully saturated rings. The van der Waals surface area contributed by atoms with Gasteiger partial charge in [-0.15, -0.1) is 0 Å². The minimum absolute atomic E-state index is 0.128. The summed E-state index contributed by atoms with van der Waals surface area (Å²) in [5.41, 5.74) is 6.16. The van der Waals surface area contributed by atoms with Crippen molar-refractivity contribution in [1.82, 2.24) is 10.2 Å². The van der Waals surface area contributed by atoms with Crippen molar-refractivity contribution in [2.45, 2.75) is 38.1 Å². The number of nitrogens with two attached hydrogens (primary N) is 1. The van der Waals surface area contributed by atoms with Gasteiger partial charge in [0.1, 0.15) is 0 Å². The Kier molecular flexibility index (Phi) is 2.48. The third-order valence-electron chi connectivity index (χ3n) is 2.63. The SMILES string of the molecule is CCCc1cc(NC(=O)C2(N)CC2)n[nH]1. The lowest BCUT2D eigenvalue weighted by Gasteiger charge is -2.06. The van der Waals surface area contributed by atoms with Crippen molar-refractivity contribution >= 4 is 11.7 Å². The van der Waals surface area contributed by atoms with E-state index in [1.165, 1.54) is 0 Å².